The highest BCUT2D eigenvalue weighted by atomic mass is 16.2. The molecule has 0 spiro atoms. The molecule has 0 radical (unpaired) electrons. The number of nitrogens with zero attached hydrogens (tertiary/aromatic N) is 4. The van der Waals surface area contributed by atoms with Gasteiger partial charge in [0.05, 0.1) is 11.4 Å². The van der Waals surface area contributed by atoms with E-state index in [-0.39, 0.29) is 5.91 Å². The molecule has 26 heavy (non-hydrogen) atoms. The number of benzene rings is 1. The van der Waals surface area contributed by atoms with Crippen molar-refractivity contribution in [1.82, 2.24) is 19.6 Å². The quantitative estimate of drug-likeness (QED) is 0.852. The van der Waals surface area contributed by atoms with Gasteiger partial charge >= 0.3 is 0 Å². The first-order chi connectivity index (χ1) is 12.6. The molecule has 138 valence electrons. The predicted molar refractivity (Wildman–Crippen MR) is 103 cm³/mol. The molecule has 1 aromatic carbocycles. The predicted octanol–water partition coefficient (Wildman–Crippen LogP) is 3.19. The summed E-state index contributed by atoms with van der Waals surface area (Å²) in [5.74, 6) is 0.149. The summed E-state index contributed by atoms with van der Waals surface area (Å²) >= 11 is 0. The Morgan fingerprint density at radius 2 is 1.65 bits per heavy atom. The van der Waals surface area contributed by atoms with Crippen molar-refractivity contribution in [1.29, 1.82) is 0 Å². The summed E-state index contributed by atoms with van der Waals surface area (Å²) in [6.07, 6.45) is 5.40. The van der Waals surface area contributed by atoms with Crippen LogP contribution in [-0.2, 0) is 0 Å². The van der Waals surface area contributed by atoms with Crippen LogP contribution in [0.15, 0.2) is 30.3 Å². The summed E-state index contributed by atoms with van der Waals surface area (Å²) in [6, 6.07) is 10.6. The van der Waals surface area contributed by atoms with Gasteiger partial charge in [-0.3, -0.25) is 9.69 Å². The summed E-state index contributed by atoms with van der Waals surface area (Å²) in [4.78, 5) is 17.4. The fourth-order valence-corrected chi connectivity index (χ4v) is 4.38. The molecule has 2 aliphatic rings. The molecular weight excluding hydrogens is 324 g/mol. The highest BCUT2D eigenvalue weighted by molar-refractivity contribution is 5.94. The summed E-state index contributed by atoms with van der Waals surface area (Å²) < 4.78 is 1.92. The molecule has 2 aromatic rings. The van der Waals surface area contributed by atoms with Crippen LogP contribution in [0.1, 0.15) is 47.4 Å². The maximum atomic E-state index is 12.8. The first-order valence-corrected chi connectivity index (χ1v) is 9.79. The first kappa shape index (κ1) is 17.3. The van der Waals surface area contributed by atoms with Gasteiger partial charge in [0.1, 0.15) is 0 Å². The van der Waals surface area contributed by atoms with Crippen LogP contribution in [0.25, 0.3) is 5.69 Å². The number of carbonyl (C=O) groups is 1. The van der Waals surface area contributed by atoms with Crippen LogP contribution in [0.4, 0.5) is 0 Å². The fraction of sp³-hybridized carbons (Fsp3) is 0.524. The largest absolute Gasteiger partial charge is 0.336 e. The van der Waals surface area contributed by atoms with Gasteiger partial charge in [0, 0.05) is 43.5 Å². The maximum absolute atomic E-state index is 12.8. The van der Waals surface area contributed by atoms with Gasteiger partial charge < -0.3 is 4.90 Å². The first-order valence-electron chi connectivity index (χ1n) is 9.79. The lowest BCUT2D eigenvalue weighted by molar-refractivity contribution is 0.0573. The van der Waals surface area contributed by atoms with E-state index in [2.05, 4.69) is 16.1 Å². The number of hydrogen-bond acceptors (Lipinski definition) is 3. The Labute approximate surface area is 155 Å². The molecule has 1 aliphatic heterocycles. The minimum Gasteiger partial charge on any atom is -0.336 e. The Hall–Kier alpha value is -2.14. The van der Waals surface area contributed by atoms with Gasteiger partial charge in [0.15, 0.2) is 0 Å². The molecule has 1 aliphatic carbocycles. The van der Waals surface area contributed by atoms with Crippen molar-refractivity contribution in [3.8, 4) is 5.69 Å². The molecular formula is C21H28N4O. The van der Waals surface area contributed by atoms with Gasteiger partial charge in [-0.15, -0.1) is 0 Å². The molecule has 5 heteroatoms. The van der Waals surface area contributed by atoms with E-state index in [0.29, 0.717) is 0 Å². The zero-order chi connectivity index (χ0) is 18.1. The number of aryl methyl sites for hydroxylation is 2. The summed E-state index contributed by atoms with van der Waals surface area (Å²) in [6.45, 7) is 7.75. The average molecular weight is 352 g/mol. The number of aromatic nitrogens is 2. The normalized spacial score (nSPS) is 19.2. The van der Waals surface area contributed by atoms with E-state index < -0.39 is 0 Å². The number of carbonyl (C=O) groups excluding carboxylic acids is 1. The lowest BCUT2D eigenvalue weighted by Gasteiger charge is -2.38. The van der Waals surface area contributed by atoms with Crippen LogP contribution in [0, 0.1) is 13.8 Å². The van der Waals surface area contributed by atoms with Crippen molar-refractivity contribution >= 4 is 5.91 Å². The van der Waals surface area contributed by atoms with Crippen LogP contribution < -0.4 is 0 Å². The van der Waals surface area contributed by atoms with E-state index >= 15 is 0 Å². The third-order valence-electron chi connectivity index (χ3n) is 5.81. The van der Waals surface area contributed by atoms with Crippen molar-refractivity contribution in [3.63, 3.8) is 0 Å². The molecule has 5 nitrogen and oxygen atoms in total. The molecule has 0 N–H and O–H groups in total. The molecule has 1 saturated heterocycles. The second kappa shape index (κ2) is 7.23. The SMILES string of the molecule is Cc1cc(C)n(-c2ccc(C(=O)N3CCN(C4CCCC4)CC3)cc2)n1. The summed E-state index contributed by atoms with van der Waals surface area (Å²) in [5.41, 5.74) is 3.87. The lowest BCUT2D eigenvalue weighted by Crippen LogP contribution is -2.51. The van der Waals surface area contributed by atoms with Gasteiger partial charge in [0.2, 0.25) is 0 Å². The standard InChI is InChI=1S/C21H28N4O/c1-16-15-17(2)25(22-16)20-9-7-18(8-10-20)21(26)24-13-11-23(12-14-24)19-5-3-4-6-19/h7-10,15,19H,3-6,11-14H2,1-2H3. The van der Waals surface area contributed by atoms with E-state index in [1.54, 1.807) is 0 Å². The van der Waals surface area contributed by atoms with E-state index in [9.17, 15) is 4.79 Å². The zero-order valence-corrected chi connectivity index (χ0v) is 15.8. The van der Waals surface area contributed by atoms with Gasteiger partial charge in [-0.05, 0) is 57.0 Å². The minimum absolute atomic E-state index is 0.149. The molecule has 1 amide bonds. The van der Waals surface area contributed by atoms with Crippen molar-refractivity contribution in [2.45, 2.75) is 45.6 Å². The Kier molecular flexibility index (Phi) is 4.81. The second-order valence-electron chi connectivity index (χ2n) is 7.65. The molecule has 2 heterocycles. The van der Waals surface area contributed by atoms with Crippen LogP contribution in [0.3, 0.4) is 0 Å². The number of piperazine rings is 1. The highest BCUT2D eigenvalue weighted by Crippen LogP contribution is 2.24. The lowest BCUT2D eigenvalue weighted by atomic mass is 10.1. The molecule has 4 rings (SSSR count). The fourth-order valence-electron chi connectivity index (χ4n) is 4.38. The molecule has 1 saturated carbocycles. The van der Waals surface area contributed by atoms with E-state index in [4.69, 9.17) is 0 Å². The minimum atomic E-state index is 0.149. The topological polar surface area (TPSA) is 41.4 Å². The maximum Gasteiger partial charge on any atom is 0.253 e. The van der Waals surface area contributed by atoms with Crippen molar-refractivity contribution in [3.05, 3.63) is 47.3 Å². The van der Waals surface area contributed by atoms with Gasteiger partial charge in [0.25, 0.3) is 5.91 Å². The smallest absolute Gasteiger partial charge is 0.253 e. The number of hydrogen-bond donors (Lipinski definition) is 0. The van der Waals surface area contributed by atoms with Gasteiger partial charge in [-0.1, -0.05) is 12.8 Å². The van der Waals surface area contributed by atoms with E-state index in [0.717, 1.165) is 54.9 Å². The third kappa shape index (κ3) is 3.40. The van der Waals surface area contributed by atoms with Crippen molar-refractivity contribution in [2.75, 3.05) is 26.2 Å². The van der Waals surface area contributed by atoms with Gasteiger partial charge in [-0.25, -0.2) is 4.68 Å². The molecule has 2 fully saturated rings. The van der Waals surface area contributed by atoms with Crippen LogP contribution in [0.5, 0.6) is 0 Å². The number of rotatable bonds is 3. The van der Waals surface area contributed by atoms with Crippen molar-refractivity contribution < 1.29 is 4.79 Å². The van der Waals surface area contributed by atoms with Crippen LogP contribution in [-0.4, -0.2) is 57.7 Å². The Bertz CT molecular complexity index is 766. The Morgan fingerprint density at radius 1 is 1.00 bits per heavy atom. The monoisotopic (exact) mass is 352 g/mol. The summed E-state index contributed by atoms with van der Waals surface area (Å²) in [7, 11) is 0. The van der Waals surface area contributed by atoms with Crippen molar-refractivity contribution in [2.24, 2.45) is 0 Å². The van der Waals surface area contributed by atoms with Crippen LogP contribution >= 0.6 is 0 Å². The number of amides is 1. The van der Waals surface area contributed by atoms with Gasteiger partial charge in [-0.2, -0.15) is 5.10 Å². The average Bonchev–Trinajstić information content (AvgIpc) is 3.31. The van der Waals surface area contributed by atoms with E-state index in [1.165, 1.54) is 25.7 Å². The Morgan fingerprint density at radius 3 is 2.23 bits per heavy atom. The molecule has 0 atom stereocenters. The third-order valence-corrected chi connectivity index (χ3v) is 5.81. The molecule has 0 bridgehead atoms. The molecule has 1 aromatic heterocycles. The van der Waals surface area contributed by atoms with Crippen LogP contribution in [0.2, 0.25) is 0 Å². The van der Waals surface area contributed by atoms with E-state index in [1.807, 2.05) is 47.7 Å². The summed E-state index contributed by atoms with van der Waals surface area (Å²) in [5, 5.41) is 4.51. The Balaban J connectivity index is 1.40. The zero-order valence-electron chi connectivity index (χ0n) is 15.8. The highest BCUT2D eigenvalue weighted by Gasteiger charge is 2.28. The second-order valence-corrected chi connectivity index (χ2v) is 7.65. The molecule has 0 unspecified atom stereocenters.